The summed E-state index contributed by atoms with van der Waals surface area (Å²) in [5, 5.41) is 10.9. The van der Waals surface area contributed by atoms with Gasteiger partial charge in [0.1, 0.15) is 0 Å². The molecule has 1 aliphatic rings. The first-order chi connectivity index (χ1) is 6.35. The second-order valence-corrected chi connectivity index (χ2v) is 3.16. The number of anilines is 1. The second kappa shape index (κ2) is 3.16. The van der Waals surface area contributed by atoms with Crippen molar-refractivity contribution in [3.63, 3.8) is 0 Å². The smallest absolute Gasteiger partial charge is 0.225 e. The average molecular weight is 180 g/mol. The van der Waals surface area contributed by atoms with Crippen LogP contribution in [0.15, 0.2) is 0 Å². The highest BCUT2D eigenvalue weighted by atomic mass is 16.1. The lowest BCUT2D eigenvalue weighted by atomic mass is 10.6. The van der Waals surface area contributed by atoms with Crippen molar-refractivity contribution in [2.75, 3.05) is 5.32 Å². The molecule has 1 saturated carbocycles. The van der Waals surface area contributed by atoms with E-state index in [1.165, 1.54) is 12.8 Å². The molecule has 1 aliphatic carbocycles. The minimum atomic E-state index is 0.394. The van der Waals surface area contributed by atoms with E-state index in [4.69, 9.17) is 0 Å². The summed E-state index contributed by atoms with van der Waals surface area (Å²) in [6, 6.07) is 0.536. The van der Waals surface area contributed by atoms with E-state index < -0.39 is 0 Å². The van der Waals surface area contributed by atoms with Crippen LogP contribution in [0.3, 0.4) is 0 Å². The van der Waals surface area contributed by atoms with Gasteiger partial charge >= 0.3 is 0 Å². The Morgan fingerprint density at radius 1 is 1.62 bits per heavy atom. The molecule has 70 valence electrons. The summed E-state index contributed by atoms with van der Waals surface area (Å²) in [4.78, 5) is 10.5. The number of nitrogens with zero attached hydrogens (tertiary/aromatic N) is 3. The quantitative estimate of drug-likeness (QED) is 0.692. The number of carbonyl (C=O) groups is 1. The standard InChI is InChI=1S/C8H12N4O/c1-2-12-7(5-13)10-11-8(12)9-6-3-4-6/h5-6H,2-4H2,1H3,(H,9,11). The van der Waals surface area contributed by atoms with Gasteiger partial charge in [0.05, 0.1) is 0 Å². The Morgan fingerprint density at radius 3 is 2.92 bits per heavy atom. The van der Waals surface area contributed by atoms with Gasteiger partial charge in [0.25, 0.3) is 0 Å². The van der Waals surface area contributed by atoms with Crippen LogP contribution >= 0.6 is 0 Å². The van der Waals surface area contributed by atoms with E-state index >= 15 is 0 Å². The van der Waals surface area contributed by atoms with Gasteiger partial charge in [0.2, 0.25) is 5.95 Å². The van der Waals surface area contributed by atoms with Crippen LogP contribution in [0.5, 0.6) is 0 Å². The third-order valence-corrected chi connectivity index (χ3v) is 2.11. The summed E-state index contributed by atoms with van der Waals surface area (Å²) in [6.07, 6.45) is 3.11. The monoisotopic (exact) mass is 180 g/mol. The van der Waals surface area contributed by atoms with Crippen molar-refractivity contribution in [3.05, 3.63) is 5.82 Å². The Bertz CT molecular complexity index is 316. The fourth-order valence-electron chi connectivity index (χ4n) is 1.23. The minimum Gasteiger partial charge on any atom is -0.352 e. The summed E-state index contributed by atoms with van der Waals surface area (Å²) in [5.41, 5.74) is 0. The van der Waals surface area contributed by atoms with Gasteiger partial charge in [-0.05, 0) is 19.8 Å². The first-order valence-corrected chi connectivity index (χ1v) is 4.50. The Balaban J connectivity index is 2.21. The van der Waals surface area contributed by atoms with Gasteiger partial charge in [-0.15, -0.1) is 10.2 Å². The number of hydrogen-bond donors (Lipinski definition) is 1. The number of nitrogens with one attached hydrogen (secondary N) is 1. The molecule has 5 heteroatoms. The molecule has 0 unspecified atom stereocenters. The zero-order chi connectivity index (χ0) is 9.26. The van der Waals surface area contributed by atoms with Gasteiger partial charge in [-0.2, -0.15) is 0 Å². The van der Waals surface area contributed by atoms with Gasteiger partial charge in [0, 0.05) is 12.6 Å². The molecule has 0 spiro atoms. The van der Waals surface area contributed by atoms with Crippen molar-refractivity contribution in [3.8, 4) is 0 Å². The van der Waals surface area contributed by atoms with Gasteiger partial charge in [-0.25, -0.2) is 0 Å². The van der Waals surface area contributed by atoms with Gasteiger partial charge in [-0.3, -0.25) is 9.36 Å². The molecule has 0 radical (unpaired) electrons. The summed E-state index contributed by atoms with van der Waals surface area (Å²) >= 11 is 0. The van der Waals surface area contributed by atoms with Crippen LogP contribution < -0.4 is 5.32 Å². The number of aldehydes is 1. The van der Waals surface area contributed by atoms with Crippen LogP contribution in [-0.2, 0) is 6.54 Å². The highest BCUT2D eigenvalue weighted by Gasteiger charge is 2.23. The fourth-order valence-corrected chi connectivity index (χ4v) is 1.23. The topological polar surface area (TPSA) is 59.8 Å². The maximum atomic E-state index is 10.5. The summed E-state index contributed by atoms with van der Waals surface area (Å²) in [5.74, 6) is 1.11. The van der Waals surface area contributed by atoms with E-state index in [1.807, 2.05) is 6.92 Å². The maximum Gasteiger partial charge on any atom is 0.225 e. The molecule has 1 N–H and O–H groups in total. The molecule has 0 amide bonds. The lowest BCUT2D eigenvalue weighted by Crippen LogP contribution is -2.10. The lowest BCUT2D eigenvalue weighted by molar-refractivity contribution is 0.111. The Labute approximate surface area is 76.2 Å². The highest BCUT2D eigenvalue weighted by Crippen LogP contribution is 2.23. The molecule has 5 nitrogen and oxygen atoms in total. The van der Waals surface area contributed by atoms with Gasteiger partial charge in [0.15, 0.2) is 12.1 Å². The molecular formula is C8H12N4O. The Kier molecular flexibility index (Phi) is 2.00. The van der Waals surface area contributed by atoms with Gasteiger partial charge < -0.3 is 5.32 Å². The van der Waals surface area contributed by atoms with Crippen LogP contribution in [0, 0.1) is 0 Å². The largest absolute Gasteiger partial charge is 0.352 e. The minimum absolute atomic E-state index is 0.394. The van der Waals surface area contributed by atoms with Crippen LogP contribution in [0.2, 0.25) is 0 Å². The first-order valence-electron chi connectivity index (χ1n) is 4.50. The number of aromatic nitrogens is 3. The van der Waals surface area contributed by atoms with Crippen molar-refractivity contribution < 1.29 is 4.79 Å². The molecule has 0 saturated heterocycles. The SMILES string of the molecule is CCn1c(C=O)nnc1NC1CC1. The summed E-state index contributed by atoms with van der Waals surface area (Å²) in [7, 11) is 0. The van der Waals surface area contributed by atoms with E-state index in [0.29, 0.717) is 17.8 Å². The number of hydrogen-bond acceptors (Lipinski definition) is 4. The van der Waals surface area contributed by atoms with Gasteiger partial charge in [-0.1, -0.05) is 0 Å². The molecule has 0 aliphatic heterocycles. The van der Waals surface area contributed by atoms with E-state index in [-0.39, 0.29) is 0 Å². The molecule has 2 rings (SSSR count). The zero-order valence-corrected chi connectivity index (χ0v) is 7.53. The average Bonchev–Trinajstić information content (AvgIpc) is 2.85. The molecule has 1 heterocycles. The predicted molar refractivity (Wildman–Crippen MR) is 47.7 cm³/mol. The van der Waals surface area contributed by atoms with Crippen molar-refractivity contribution in [1.29, 1.82) is 0 Å². The molecule has 13 heavy (non-hydrogen) atoms. The van der Waals surface area contributed by atoms with Crippen LogP contribution in [0.1, 0.15) is 30.4 Å². The molecule has 0 aromatic carbocycles. The zero-order valence-electron chi connectivity index (χ0n) is 7.53. The second-order valence-electron chi connectivity index (χ2n) is 3.16. The fraction of sp³-hybridized carbons (Fsp3) is 0.625. The lowest BCUT2D eigenvalue weighted by Gasteiger charge is -2.05. The molecular weight excluding hydrogens is 168 g/mol. The van der Waals surface area contributed by atoms with Crippen molar-refractivity contribution in [2.45, 2.75) is 32.4 Å². The highest BCUT2D eigenvalue weighted by molar-refractivity contribution is 5.70. The van der Waals surface area contributed by atoms with Crippen molar-refractivity contribution >= 4 is 12.2 Å². The maximum absolute atomic E-state index is 10.5. The predicted octanol–water partition coefficient (Wildman–Crippen LogP) is 0.685. The number of carbonyl (C=O) groups excluding carboxylic acids is 1. The van der Waals surface area contributed by atoms with E-state index in [9.17, 15) is 4.79 Å². The Morgan fingerprint density at radius 2 is 2.38 bits per heavy atom. The Hall–Kier alpha value is -1.39. The molecule has 0 bridgehead atoms. The van der Waals surface area contributed by atoms with E-state index in [0.717, 1.165) is 12.8 Å². The molecule has 0 atom stereocenters. The summed E-state index contributed by atoms with van der Waals surface area (Å²) in [6.45, 7) is 2.69. The first kappa shape index (κ1) is 8.22. The number of rotatable bonds is 4. The normalized spacial score (nSPS) is 15.8. The van der Waals surface area contributed by atoms with Crippen molar-refractivity contribution in [1.82, 2.24) is 14.8 Å². The third kappa shape index (κ3) is 1.54. The van der Waals surface area contributed by atoms with Crippen LogP contribution in [0.25, 0.3) is 0 Å². The summed E-state index contributed by atoms with van der Waals surface area (Å²) < 4.78 is 1.78. The molecule has 1 fully saturated rings. The van der Waals surface area contributed by atoms with Crippen LogP contribution in [0.4, 0.5) is 5.95 Å². The molecule has 1 aromatic heterocycles. The van der Waals surface area contributed by atoms with Crippen molar-refractivity contribution in [2.24, 2.45) is 0 Å². The van der Waals surface area contributed by atoms with E-state index in [1.54, 1.807) is 4.57 Å². The van der Waals surface area contributed by atoms with Crippen LogP contribution in [-0.4, -0.2) is 27.1 Å². The third-order valence-electron chi connectivity index (χ3n) is 2.11. The van der Waals surface area contributed by atoms with E-state index in [2.05, 4.69) is 15.5 Å². The molecule has 1 aromatic rings.